The summed E-state index contributed by atoms with van der Waals surface area (Å²) < 4.78 is 8.33. The molecule has 8 nitrogen and oxygen atoms in total. The molecule has 0 aliphatic carbocycles. The summed E-state index contributed by atoms with van der Waals surface area (Å²) in [4.78, 5) is 18.5. The summed E-state index contributed by atoms with van der Waals surface area (Å²) in [6.45, 7) is 7.33. The Bertz CT molecular complexity index is 1340. The highest BCUT2D eigenvalue weighted by molar-refractivity contribution is 5.79. The molecule has 0 unspecified atom stereocenters. The molecule has 210 valence electrons. The maximum Gasteiger partial charge on any atom is 0.315 e. The molecule has 40 heavy (non-hydrogen) atoms. The van der Waals surface area contributed by atoms with Gasteiger partial charge in [0.05, 0.1) is 18.0 Å². The normalized spacial score (nSPS) is 15.1. The number of fused-ring (bicyclic) bond motifs is 1. The number of likely N-dealkylation sites (tertiary alicyclic amines) is 1. The third-order valence-electron chi connectivity index (χ3n) is 7.77. The minimum absolute atomic E-state index is 0.0320. The van der Waals surface area contributed by atoms with Crippen molar-refractivity contribution < 1.29 is 14.6 Å². The van der Waals surface area contributed by atoms with Gasteiger partial charge in [-0.05, 0) is 69.3 Å². The van der Waals surface area contributed by atoms with E-state index in [1.165, 1.54) is 11.1 Å². The topological polar surface area (TPSA) is 92.0 Å². The van der Waals surface area contributed by atoms with Crippen molar-refractivity contribution in [2.24, 2.45) is 0 Å². The third kappa shape index (κ3) is 6.69. The molecule has 2 N–H and O–H groups in total. The zero-order valence-electron chi connectivity index (χ0n) is 23.4. The molecule has 1 saturated heterocycles. The summed E-state index contributed by atoms with van der Waals surface area (Å²) in [6.07, 6.45) is 6.17. The van der Waals surface area contributed by atoms with Crippen LogP contribution in [0.2, 0.25) is 0 Å². The van der Waals surface area contributed by atoms with Crippen LogP contribution in [-0.4, -0.2) is 62.9 Å². The first-order chi connectivity index (χ1) is 19.4. The highest BCUT2D eigenvalue weighted by atomic mass is 16.5. The van der Waals surface area contributed by atoms with Crippen LogP contribution in [0.4, 0.5) is 5.82 Å². The van der Waals surface area contributed by atoms with Gasteiger partial charge in [0.1, 0.15) is 17.3 Å². The number of aliphatic carboxylic acids is 1. The zero-order chi connectivity index (χ0) is 28.0. The summed E-state index contributed by atoms with van der Waals surface area (Å²) >= 11 is 0. The predicted octanol–water partition coefficient (Wildman–Crippen LogP) is 5.55. The largest absolute Gasteiger partial charge is 0.481 e. The van der Waals surface area contributed by atoms with Gasteiger partial charge in [0.25, 0.3) is 0 Å². The maximum absolute atomic E-state index is 11.6. The fraction of sp³-hybridized carbons (Fsp3) is 0.406. The lowest BCUT2D eigenvalue weighted by Crippen LogP contribution is -2.38. The highest BCUT2D eigenvalue weighted by Gasteiger charge is 2.32. The third-order valence-corrected chi connectivity index (χ3v) is 7.77. The van der Waals surface area contributed by atoms with Gasteiger partial charge < -0.3 is 20.1 Å². The number of hydrogen-bond acceptors (Lipinski definition) is 6. The molecule has 1 aliphatic heterocycles. The summed E-state index contributed by atoms with van der Waals surface area (Å²) in [6, 6.07) is 24.8. The van der Waals surface area contributed by atoms with Crippen molar-refractivity contribution in [2.75, 3.05) is 31.5 Å². The standard InChI is InChI=1S/C32H39N5O3/c1-32(2,31(38)39)27-23-37-29(34-27)16-15-28(35-37)33-19-9-10-20-36-21-17-26(18-22-36)40-30(24-11-5-3-6-12-24)25-13-7-4-8-14-25/h3-8,11-16,23,26,30H,9-10,17-22H2,1-2H3,(H,33,35)(H,38,39). The number of carboxylic acid groups (broad SMARTS) is 1. The van der Waals surface area contributed by atoms with Gasteiger partial charge in [0.2, 0.25) is 0 Å². The van der Waals surface area contributed by atoms with Gasteiger partial charge in [-0.1, -0.05) is 60.7 Å². The van der Waals surface area contributed by atoms with E-state index in [4.69, 9.17) is 4.74 Å². The summed E-state index contributed by atoms with van der Waals surface area (Å²) in [7, 11) is 0. The first kappa shape index (κ1) is 27.8. The van der Waals surface area contributed by atoms with Crippen molar-refractivity contribution in [3.8, 4) is 0 Å². The van der Waals surface area contributed by atoms with Gasteiger partial charge in [-0.15, -0.1) is 5.10 Å². The van der Waals surface area contributed by atoms with Crippen molar-refractivity contribution in [1.29, 1.82) is 0 Å². The number of unbranched alkanes of at least 4 members (excludes halogenated alkanes) is 1. The van der Waals surface area contributed by atoms with Gasteiger partial charge >= 0.3 is 5.97 Å². The van der Waals surface area contributed by atoms with Crippen LogP contribution in [0.3, 0.4) is 0 Å². The Hall–Kier alpha value is -3.75. The molecular formula is C32H39N5O3. The molecule has 0 amide bonds. The molecule has 0 bridgehead atoms. The molecule has 0 spiro atoms. The zero-order valence-corrected chi connectivity index (χ0v) is 23.4. The second-order valence-corrected chi connectivity index (χ2v) is 11.1. The Morgan fingerprint density at radius 3 is 2.27 bits per heavy atom. The molecule has 1 aliphatic rings. The van der Waals surface area contributed by atoms with Crippen molar-refractivity contribution in [3.63, 3.8) is 0 Å². The highest BCUT2D eigenvalue weighted by Crippen LogP contribution is 2.30. The van der Waals surface area contributed by atoms with E-state index in [0.717, 1.165) is 57.7 Å². The number of aromatic nitrogens is 3. The SMILES string of the molecule is CC(C)(C(=O)O)c1cn2nc(NCCCCN3CCC(OC(c4ccccc4)c4ccccc4)CC3)ccc2n1. The number of anilines is 1. The Morgan fingerprint density at radius 1 is 1.00 bits per heavy atom. The second-order valence-electron chi connectivity index (χ2n) is 11.1. The molecule has 4 aromatic rings. The van der Waals surface area contributed by atoms with Crippen molar-refractivity contribution in [3.05, 3.63) is 95.8 Å². The maximum atomic E-state index is 11.6. The average molecular weight is 542 g/mol. The molecule has 3 heterocycles. The van der Waals surface area contributed by atoms with E-state index >= 15 is 0 Å². The average Bonchev–Trinajstić information content (AvgIpc) is 3.42. The van der Waals surface area contributed by atoms with E-state index in [2.05, 4.69) is 81.0 Å². The summed E-state index contributed by atoms with van der Waals surface area (Å²) in [5.74, 6) is -0.150. The van der Waals surface area contributed by atoms with Gasteiger partial charge in [0.15, 0.2) is 5.65 Å². The Morgan fingerprint density at radius 2 is 1.65 bits per heavy atom. The monoisotopic (exact) mass is 541 g/mol. The van der Waals surface area contributed by atoms with Crippen LogP contribution in [0, 0.1) is 0 Å². The number of imidazole rings is 1. The van der Waals surface area contributed by atoms with Gasteiger partial charge in [0, 0.05) is 19.6 Å². The van der Waals surface area contributed by atoms with Gasteiger partial charge in [-0.2, -0.15) is 0 Å². The predicted molar refractivity (Wildman–Crippen MR) is 157 cm³/mol. The minimum Gasteiger partial charge on any atom is -0.481 e. The van der Waals surface area contributed by atoms with E-state index in [9.17, 15) is 9.90 Å². The van der Waals surface area contributed by atoms with Crippen LogP contribution in [-0.2, 0) is 14.9 Å². The molecule has 0 radical (unpaired) electrons. The van der Waals surface area contributed by atoms with Gasteiger partial charge in [-0.3, -0.25) is 4.79 Å². The molecule has 1 fully saturated rings. The van der Waals surface area contributed by atoms with Crippen LogP contribution >= 0.6 is 0 Å². The lowest BCUT2D eigenvalue weighted by Gasteiger charge is -2.34. The Labute approximate surface area is 236 Å². The number of benzene rings is 2. The summed E-state index contributed by atoms with van der Waals surface area (Å²) in [5.41, 5.74) is 2.48. The van der Waals surface area contributed by atoms with Crippen molar-refractivity contribution in [1.82, 2.24) is 19.5 Å². The van der Waals surface area contributed by atoms with E-state index in [-0.39, 0.29) is 12.2 Å². The fourth-order valence-corrected chi connectivity index (χ4v) is 5.13. The molecule has 2 aromatic carbocycles. The Kier molecular flexibility index (Phi) is 8.77. The molecule has 8 heteroatoms. The molecule has 0 atom stereocenters. The summed E-state index contributed by atoms with van der Waals surface area (Å²) in [5, 5.41) is 17.4. The van der Waals surface area contributed by atoms with E-state index in [0.29, 0.717) is 11.3 Å². The van der Waals surface area contributed by atoms with Crippen LogP contribution in [0.25, 0.3) is 5.65 Å². The molecule has 0 saturated carbocycles. The molecule has 2 aromatic heterocycles. The number of hydrogen-bond donors (Lipinski definition) is 2. The number of piperidine rings is 1. The van der Waals surface area contributed by atoms with Crippen LogP contribution < -0.4 is 5.32 Å². The second kappa shape index (κ2) is 12.6. The molecular weight excluding hydrogens is 502 g/mol. The Balaban J connectivity index is 1.05. The van der Waals surface area contributed by atoms with Crippen LogP contribution in [0.15, 0.2) is 79.0 Å². The quantitative estimate of drug-likeness (QED) is 0.227. The van der Waals surface area contributed by atoms with Crippen LogP contribution in [0.1, 0.15) is 62.5 Å². The first-order valence-corrected chi connectivity index (χ1v) is 14.2. The molecule has 5 rings (SSSR count). The number of nitrogens with one attached hydrogen (secondary N) is 1. The number of nitrogens with zero attached hydrogens (tertiary/aromatic N) is 4. The number of rotatable bonds is 12. The van der Waals surface area contributed by atoms with E-state index in [1.807, 2.05) is 12.1 Å². The lowest BCUT2D eigenvalue weighted by molar-refractivity contribution is -0.142. The number of carboxylic acids is 1. The minimum atomic E-state index is -1.06. The lowest BCUT2D eigenvalue weighted by atomic mass is 9.90. The van der Waals surface area contributed by atoms with Crippen LogP contribution in [0.5, 0.6) is 0 Å². The number of carbonyl (C=O) groups is 1. The van der Waals surface area contributed by atoms with E-state index < -0.39 is 11.4 Å². The van der Waals surface area contributed by atoms with Crippen molar-refractivity contribution in [2.45, 2.75) is 57.2 Å². The number of ether oxygens (including phenoxy) is 1. The smallest absolute Gasteiger partial charge is 0.315 e. The van der Waals surface area contributed by atoms with E-state index in [1.54, 1.807) is 24.6 Å². The van der Waals surface area contributed by atoms with Crippen molar-refractivity contribution >= 4 is 17.4 Å². The van der Waals surface area contributed by atoms with Gasteiger partial charge in [-0.25, -0.2) is 9.50 Å². The first-order valence-electron chi connectivity index (χ1n) is 14.2. The fourth-order valence-electron chi connectivity index (χ4n) is 5.13.